The van der Waals surface area contributed by atoms with Gasteiger partial charge in [0, 0.05) is 41.3 Å². The van der Waals surface area contributed by atoms with Gasteiger partial charge >= 0.3 is 0 Å². The van der Waals surface area contributed by atoms with Gasteiger partial charge in [-0.25, -0.2) is 0 Å². The second-order valence-electron chi connectivity index (χ2n) is 7.56. The van der Waals surface area contributed by atoms with Gasteiger partial charge in [-0.2, -0.15) is 0 Å². The third-order valence-electron chi connectivity index (χ3n) is 5.54. The molecular weight excluding hydrogens is 338 g/mol. The number of nitrogens with one attached hydrogen (secondary N) is 2. The van der Waals surface area contributed by atoms with Gasteiger partial charge in [-0.05, 0) is 61.9 Å². The molecule has 3 N–H and O–H groups in total. The molecule has 0 amide bonds. The fourth-order valence-corrected chi connectivity index (χ4v) is 3.89. The van der Waals surface area contributed by atoms with E-state index in [1.807, 2.05) is 24.4 Å². The first kappa shape index (κ1) is 16.4. The SMILES string of the molecule is Oc1cc(C2CC2)ccc1-c1nnc(N[C@@H]2CCCNC2)c2cnccc12. The summed E-state index contributed by atoms with van der Waals surface area (Å²) in [4.78, 5) is 4.28. The van der Waals surface area contributed by atoms with Gasteiger partial charge in [0.15, 0.2) is 5.82 Å². The molecule has 138 valence electrons. The molecule has 0 bridgehead atoms. The molecule has 1 saturated carbocycles. The van der Waals surface area contributed by atoms with Gasteiger partial charge in [-0.1, -0.05) is 6.07 Å². The van der Waals surface area contributed by atoms with Crippen molar-refractivity contribution in [3.63, 3.8) is 0 Å². The molecule has 0 radical (unpaired) electrons. The maximum atomic E-state index is 10.6. The van der Waals surface area contributed by atoms with E-state index in [-0.39, 0.29) is 5.75 Å². The van der Waals surface area contributed by atoms with Crippen molar-refractivity contribution in [2.24, 2.45) is 0 Å². The summed E-state index contributed by atoms with van der Waals surface area (Å²) in [5, 5.41) is 28.3. The predicted octanol–water partition coefficient (Wildman–Crippen LogP) is 3.44. The molecule has 1 aliphatic carbocycles. The topological polar surface area (TPSA) is 83.0 Å². The number of phenolic OH excluding ortho intramolecular Hbond substituents is 1. The van der Waals surface area contributed by atoms with E-state index >= 15 is 0 Å². The van der Waals surface area contributed by atoms with Crippen molar-refractivity contribution in [3.8, 4) is 17.0 Å². The summed E-state index contributed by atoms with van der Waals surface area (Å²) in [6, 6.07) is 8.22. The summed E-state index contributed by atoms with van der Waals surface area (Å²) in [5.41, 5.74) is 2.62. The molecule has 2 fully saturated rings. The van der Waals surface area contributed by atoms with Crippen LogP contribution >= 0.6 is 0 Å². The van der Waals surface area contributed by atoms with Gasteiger partial charge in [-0.15, -0.1) is 10.2 Å². The second kappa shape index (κ2) is 6.78. The molecule has 1 atom stereocenters. The van der Waals surface area contributed by atoms with Gasteiger partial charge in [0.05, 0.1) is 0 Å². The lowest BCUT2D eigenvalue weighted by Crippen LogP contribution is -2.38. The van der Waals surface area contributed by atoms with Crippen LogP contribution in [0.25, 0.3) is 22.0 Å². The third kappa shape index (κ3) is 3.21. The van der Waals surface area contributed by atoms with E-state index < -0.39 is 0 Å². The van der Waals surface area contributed by atoms with Gasteiger partial charge in [0.25, 0.3) is 0 Å². The van der Waals surface area contributed by atoms with E-state index in [0.29, 0.717) is 23.2 Å². The molecule has 2 aliphatic rings. The van der Waals surface area contributed by atoms with E-state index in [0.717, 1.165) is 42.5 Å². The molecule has 1 aromatic carbocycles. The van der Waals surface area contributed by atoms with Crippen molar-refractivity contribution in [1.82, 2.24) is 20.5 Å². The lowest BCUT2D eigenvalue weighted by atomic mass is 10.0. The average molecular weight is 361 g/mol. The largest absolute Gasteiger partial charge is 0.507 e. The molecule has 3 heterocycles. The van der Waals surface area contributed by atoms with Crippen molar-refractivity contribution >= 4 is 16.6 Å². The standard InChI is InChI=1S/C21H23N5O/c27-19-10-14(13-3-4-13)5-6-17(19)20-16-7-9-23-12-18(16)21(26-25-20)24-15-2-1-8-22-11-15/h5-7,9-10,12-13,15,22,27H,1-4,8,11H2,(H,24,26)/t15-/m1/s1. The van der Waals surface area contributed by atoms with Crippen LogP contribution in [-0.2, 0) is 0 Å². The minimum atomic E-state index is 0.268. The number of pyridine rings is 1. The van der Waals surface area contributed by atoms with E-state index in [2.05, 4.69) is 31.9 Å². The van der Waals surface area contributed by atoms with Crippen LogP contribution < -0.4 is 10.6 Å². The Labute approximate surface area is 158 Å². The first-order valence-electron chi connectivity index (χ1n) is 9.70. The molecule has 6 heteroatoms. The Morgan fingerprint density at radius 3 is 2.78 bits per heavy atom. The van der Waals surface area contributed by atoms with Crippen LogP contribution in [0.3, 0.4) is 0 Å². The van der Waals surface area contributed by atoms with Crippen LogP contribution in [0.5, 0.6) is 5.75 Å². The number of anilines is 1. The van der Waals surface area contributed by atoms with Crippen molar-refractivity contribution < 1.29 is 5.11 Å². The Bertz CT molecular complexity index is 979. The normalized spacial score (nSPS) is 19.9. The molecule has 5 rings (SSSR count). The molecule has 1 saturated heterocycles. The van der Waals surface area contributed by atoms with E-state index in [1.165, 1.54) is 18.4 Å². The molecular formula is C21H23N5O. The van der Waals surface area contributed by atoms with E-state index in [9.17, 15) is 5.11 Å². The average Bonchev–Trinajstić information content (AvgIpc) is 3.55. The number of phenols is 1. The van der Waals surface area contributed by atoms with Gasteiger partial charge in [0.2, 0.25) is 0 Å². The maximum Gasteiger partial charge on any atom is 0.158 e. The summed E-state index contributed by atoms with van der Waals surface area (Å²) in [6.07, 6.45) is 8.27. The summed E-state index contributed by atoms with van der Waals surface area (Å²) >= 11 is 0. The van der Waals surface area contributed by atoms with Crippen molar-refractivity contribution in [2.45, 2.75) is 37.6 Å². The number of hydrogen-bond donors (Lipinski definition) is 3. The van der Waals surface area contributed by atoms with Gasteiger partial charge in [0.1, 0.15) is 11.4 Å². The minimum Gasteiger partial charge on any atom is -0.507 e. The Kier molecular flexibility index (Phi) is 4.13. The fourth-order valence-electron chi connectivity index (χ4n) is 3.89. The summed E-state index contributed by atoms with van der Waals surface area (Å²) in [5.74, 6) is 1.63. The monoisotopic (exact) mass is 361 g/mol. The minimum absolute atomic E-state index is 0.268. The molecule has 0 unspecified atom stereocenters. The smallest absolute Gasteiger partial charge is 0.158 e. The highest BCUT2D eigenvalue weighted by Crippen LogP contribution is 2.43. The predicted molar refractivity (Wildman–Crippen MR) is 106 cm³/mol. The van der Waals surface area contributed by atoms with Crippen LogP contribution in [0, 0.1) is 0 Å². The van der Waals surface area contributed by atoms with Crippen molar-refractivity contribution in [2.75, 3.05) is 18.4 Å². The number of rotatable bonds is 4. The first-order valence-corrected chi connectivity index (χ1v) is 9.70. The first-order chi connectivity index (χ1) is 13.3. The highest BCUT2D eigenvalue weighted by molar-refractivity contribution is 6.00. The maximum absolute atomic E-state index is 10.6. The lowest BCUT2D eigenvalue weighted by molar-refractivity contribution is 0.476. The van der Waals surface area contributed by atoms with Gasteiger partial charge in [-0.3, -0.25) is 4.98 Å². The lowest BCUT2D eigenvalue weighted by Gasteiger charge is -2.24. The molecule has 3 aromatic rings. The van der Waals surface area contributed by atoms with Crippen LogP contribution in [0.2, 0.25) is 0 Å². The molecule has 0 spiro atoms. The number of fused-ring (bicyclic) bond motifs is 1. The number of nitrogens with zero attached hydrogens (tertiary/aromatic N) is 3. The second-order valence-corrected chi connectivity index (χ2v) is 7.56. The zero-order chi connectivity index (χ0) is 18.2. The molecule has 27 heavy (non-hydrogen) atoms. The zero-order valence-electron chi connectivity index (χ0n) is 15.2. The third-order valence-corrected chi connectivity index (χ3v) is 5.54. The van der Waals surface area contributed by atoms with E-state index in [4.69, 9.17) is 0 Å². The number of benzene rings is 1. The van der Waals surface area contributed by atoms with Crippen molar-refractivity contribution in [1.29, 1.82) is 0 Å². The Hall–Kier alpha value is -2.73. The van der Waals surface area contributed by atoms with E-state index in [1.54, 1.807) is 6.20 Å². The molecule has 1 aliphatic heterocycles. The van der Waals surface area contributed by atoms with Gasteiger partial charge < -0.3 is 15.7 Å². The highest BCUT2D eigenvalue weighted by Gasteiger charge is 2.25. The summed E-state index contributed by atoms with van der Waals surface area (Å²) < 4.78 is 0. The fraction of sp³-hybridized carbons (Fsp3) is 0.381. The summed E-state index contributed by atoms with van der Waals surface area (Å²) in [7, 11) is 0. The quantitative estimate of drug-likeness (QED) is 0.660. The number of aromatic nitrogens is 3. The number of hydrogen-bond acceptors (Lipinski definition) is 6. The number of aromatic hydroxyl groups is 1. The Morgan fingerprint density at radius 1 is 1.07 bits per heavy atom. The van der Waals surface area contributed by atoms with Crippen LogP contribution in [0.4, 0.5) is 5.82 Å². The zero-order valence-corrected chi connectivity index (χ0v) is 15.2. The number of piperidine rings is 1. The Balaban J connectivity index is 1.55. The molecule has 6 nitrogen and oxygen atoms in total. The van der Waals surface area contributed by atoms with Crippen molar-refractivity contribution in [3.05, 3.63) is 42.2 Å². The summed E-state index contributed by atoms with van der Waals surface area (Å²) in [6.45, 7) is 2.00. The van der Waals surface area contributed by atoms with Crippen LogP contribution in [0.15, 0.2) is 36.7 Å². The highest BCUT2D eigenvalue weighted by atomic mass is 16.3. The van der Waals surface area contributed by atoms with Crippen LogP contribution in [-0.4, -0.2) is 39.4 Å². The Morgan fingerprint density at radius 2 is 2.00 bits per heavy atom. The van der Waals surface area contributed by atoms with Crippen LogP contribution in [0.1, 0.15) is 37.2 Å². The molecule has 2 aromatic heterocycles.